The van der Waals surface area contributed by atoms with E-state index in [1.807, 2.05) is 6.92 Å². The molecule has 1 atom stereocenters. The van der Waals surface area contributed by atoms with E-state index in [1.165, 1.54) is 5.56 Å². The highest BCUT2D eigenvalue weighted by Gasteiger charge is 2.14. The zero-order valence-corrected chi connectivity index (χ0v) is 12.9. The molecule has 1 aromatic rings. The summed E-state index contributed by atoms with van der Waals surface area (Å²) in [5, 5.41) is 14.3. The molecule has 4 heteroatoms. The molecule has 0 aliphatic heterocycles. The van der Waals surface area contributed by atoms with Gasteiger partial charge in [-0.3, -0.25) is 0 Å². The van der Waals surface area contributed by atoms with Gasteiger partial charge in [-0.25, -0.2) is 4.79 Å². The van der Waals surface area contributed by atoms with Crippen molar-refractivity contribution in [2.75, 3.05) is 13.2 Å². The van der Waals surface area contributed by atoms with Crippen molar-refractivity contribution in [2.24, 2.45) is 0 Å². The van der Waals surface area contributed by atoms with Crippen LogP contribution in [0.5, 0.6) is 0 Å². The summed E-state index contributed by atoms with van der Waals surface area (Å²) in [6.45, 7) is 9.06. The molecule has 0 heterocycles. The Morgan fingerprint density at radius 2 is 1.85 bits per heavy atom. The van der Waals surface area contributed by atoms with Gasteiger partial charge in [-0.05, 0) is 29.9 Å². The van der Waals surface area contributed by atoms with Crippen LogP contribution in [0.2, 0.25) is 0 Å². The van der Waals surface area contributed by atoms with Gasteiger partial charge in [0, 0.05) is 13.2 Å². The second kappa shape index (κ2) is 7.29. The van der Waals surface area contributed by atoms with Crippen molar-refractivity contribution in [1.82, 2.24) is 10.6 Å². The SMILES string of the molecule is CC(NC(=O)NCCCO)c1ccc(C(C)(C)C)cc1. The Morgan fingerprint density at radius 3 is 2.35 bits per heavy atom. The van der Waals surface area contributed by atoms with E-state index in [0.29, 0.717) is 13.0 Å². The van der Waals surface area contributed by atoms with E-state index in [-0.39, 0.29) is 24.1 Å². The predicted molar refractivity (Wildman–Crippen MR) is 81.8 cm³/mol. The van der Waals surface area contributed by atoms with Crippen molar-refractivity contribution in [2.45, 2.75) is 45.6 Å². The zero-order valence-electron chi connectivity index (χ0n) is 12.9. The van der Waals surface area contributed by atoms with Crippen LogP contribution in [0, 0.1) is 0 Å². The van der Waals surface area contributed by atoms with Crippen LogP contribution in [0.4, 0.5) is 4.79 Å². The Kier molecular flexibility index (Phi) is 6.02. The summed E-state index contributed by atoms with van der Waals surface area (Å²) in [5.41, 5.74) is 2.49. The van der Waals surface area contributed by atoms with Crippen LogP contribution in [0.15, 0.2) is 24.3 Å². The van der Waals surface area contributed by atoms with Crippen LogP contribution < -0.4 is 10.6 Å². The topological polar surface area (TPSA) is 61.4 Å². The van der Waals surface area contributed by atoms with Gasteiger partial charge in [0.05, 0.1) is 6.04 Å². The second-order valence-electron chi connectivity index (χ2n) is 6.07. The molecular weight excluding hydrogens is 252 g/mol. The van der Waals surface area contributed by atoms with Gasteiger partial charge in [-0.2, -0.15) is 0 Å². The summed E-state index contributed by atoms with van der Waals surface area (Å²) < 4.78 is 0. The molecule has 0 saturated carbocycles. The lowest BCUT2D eigenvalue weighted by atomic mass is 9.86. The average Bonchev–Trinajstić information content (AvgIpc) is 2.38. The van der Waals surface area contributed by atoms with Crippen molar-refractivity contribution in [3.63, 3.8) is 0 Å². The Balaban J connectivity index is 2.55. The van der Waals surface area contributed by atoms with Crippen molar-refractivity contribution in [3.8, 4) is 0 Å². The van der Waals surface area contributed by atoms with Gasteiger partial charge in [0.25, 0.3) is 0 Å². The molecule has 0 aliphatic carbocycles. The smallest absolute Gasteiger partial charge is 0.315 e. The zero-order chi connectivity index (χ0) is 15.2. The number of urea groups is 1. The molecule has 0 aliphatic rings. The third-order valence-electron chi connectivity index (χ3n) is 3.24. The molecule has 0 radical (unpaired) electrons. The molecule has 0 saturated heterocycles. The lowest BCUT2D eigenvalue weighted by Gasteiger charge is -2.20. The number of hydrogen-bond acceptors (Lipinski definition) is 2. The minimum atomic E-state index is -0.203. The molecule has 1 unspecified atom stereocenters. The highest BCUT2D eigenvalue weighted by atomic mass is 16.3. The largest absolute Gasteiger partial charge is 0.396 e. The maximum atomic E-state index is 11.6. The number of carbonyl (C=O) groups excluding carboxylic acids is 1. The molecule has 1 aromatic carbocycles. The van der Waals surface area contributed by atoms with Crippen molar-refractivity contribution < 1.29 is 9.90 Å². The van der Waals surface area contributed by atoms with Gasteiger partial charge in [-0.15, -0.1) is 0 Å². The summed E-state index contributed by atoms with van der Waals surface area (Å²) in [5.74, 6) is 0. The molecule has 4 nitrogen and oxygen atoms in total. The van der Waals surface area contributed by atoms with E-state index < -0.39 is 0 Å². The maximum Gasteiger partial charge on any atom is 0.315 e. The number of hydrogen-bond donors (Lipinski definition) is 3. The number of aliphatic hydroxyl groups excluding tert-OH is 1. The lowest BCUT2D eigenvalue weighted by molar-refractivity contribution is 0.235. The molecule has 112 valence electrons. The molecule has 0 spiro atoms. The molecule has 20 heavy (non-hydrogen) atoms. The van der Waals surface area contributed by atoms with E-state index in [9.17, 15) is 4.79 Å². The first-order chi connectivity index (χ1) is 9.34. The molecule has 2 amide bonds. The van der Waals surface area contributed by atoms with Crippen LogP contribution in [0.1, 0.15) is 51.3 Å². The van der Waals surface area contributed by atoms with Crippen LogP contribution in [-0.2, 0) is 5.41 Å². The molecule has 1 rings (SSSR count). The summed E-state index contributed by atoms with van der Waals surface area (Å²) in [4.78, 5) is 11.6. The van der Waals surface area contributed by atoms with Gasteiger partial charge < -0.3 is 15.7 Å². The number of amides is 2. The Morgan fingerprint density at radius 1 is 1.25 bits per heavy atom. The maximum absolute atomic E-state index is 11.6. The summed E-state index contributed by atoms with van der Waals surface area (Å²) >= 11 is 0. The highest BCUT2D eigenvalue weighted by Crippen LogP contribution is 2.23. The minimum absolute atomic E-state index is 0.0434. The Labute approximate surface area is 121 Å². The van der Waals surface area contributed by atoms with Crippen LogP contribution in [-0.4, -0.2) is 24.3 Å². The molecule has 3 N–H and O–H groups in total. The minimum Gasteiger partial charge on any atom is -0.396 e. The Hall–Kier alpha value is -1.55. The molecule has 0 bridgehead atoms. The quantitative estimate of drug-likeness (QED) is 0.725. The van der Waals surface area contributed by atoms with Gasteiger partial charge in [-0.1, -0.05) is 45.0 Å². The standard InChI is InChI=1S/C16H26N2O2/c1-12(18-15(20)17-10-5-11-19)13-6-8-14(9-7-13)16(2,3)4/h6-9,12,19H,5,10-11H2,1-4H3,(H2,17,18,20). The normalized spacial score (nSPS) is 12.8. The number of aliphatic hydroxyl groups is 1. The summed E-state index contributed by atoms with van der Waals surface area (Å²) in [6.07, 6.45) is 0.572. The van der Waals surface area contributed by atoms with Crippen molar-refractivity contribution in [1.29, 1.82) is 0 Å². The fourth-order valence-corrected chi connectivity index (χ4v) is 1.88. The van der Waals surface area contributed by atoms with E-state index in [0.717, 1.165) is 5.56 Å². The fourth-order valence-electron chi connectivity index (χ4n) is 1.88. The van der Waals surface area contributed by atoms with E-state index in [4.69, 9.17) is 5.11 Å². The fraction of sp³-hybridized carbons (Fsp3) is 0.562. The third kappa shape index (κ3) is 5.21. The third-order valence-corrected chi connectivity index (χ3v) is 3.24. The molecule has 0 fully saturated rings. The number of benzene rings is 1. The first kappa shape index (κ1) is 16.5. The monoisotopic (exact) mass is 278 g/mol. The van der Waals surface area contributed by atoms with E-state index >= 15 is 0 Å². The molecular formula is C16H26N2O2. The number of carbonyl (C=O) groups is 1. The van der Waals surface area contributed by atoms with Crippen molar-refractivity contribution >= 4 is 6.03 Å². The summed E-state index contributed by atoms with van der Waals surface area (Å²) in [6, 6.07) is 8.08. The summed E-state index contributed by atoms with van der Waals surface area (Å²) in [7, 11) is 0. The lowest BCUT2D eigenvalue weighted by Crippen LogP contribution is -2.37. The van der Waals surface area contributed by atoms with Crippen LogP contribution in [0.3, 0.4) is 0 Å². The first-order valence-corrected chi connectivity index (χ1v) is 7.10. The highest BCUT2D eigenvalue weighted by molar-refractivity contribution is 5.74. The van der Waals surface area contributed by atoms with Crippen LogP contribution >= 0.6 is 0 Å². The van der Waals surface area contributed by atoms with E-state index in [2.05, 4.69) is 55.7 Å². The van der Waals surface area contributed by atoms with Gasteiger partial charge in [0.1, 0.15) is 0 Å². The first-order valence-electron chi connectivity index (χ1n) is 7.10. The number of nitrogens with one attached hydrogen (secondary N) is 2. The second-order valence-corrected chi connectivity index (χ2v) is 6.07. The van der Waals surface area contributed by atoms with E-state index in [1.54, 1.807) is 0 Å². The van der Waals surface area contributed by atoms with Crippen LogP contribution in [0.25, 0.3) is 0 Å². The average molecular weight is 278 g/mol. The number of rotatable bonds is 5. The Bertz CT molecular complexity index is 421. The van der Waals surface area contributed by atoms with Gasteiger partial charge in [0.15, 0.2) is 0 Å². The van der Waals surface area contributed by atoms with Gasteiger partial charge >= 0.3 is 6.03 Å². The molecule has 0 aromatic heterocycles. The predicted octanol–water partition coefficient (Wildman–Crippen LogP) is 2.73. The van der Waals surface area contributed by atoms with Crippen molar-refractivity contribution in [3.05, 3.63) is 35.4 Å². The van der Waals surface area contributed by atoms with Gasteiger partial charge in [0.2, 0.25) is 0 Å².